The van der Waals surface area contributed by atoms with E-state index in [0.717, 1.165) is 24.3 Å². The predicted octanol–water partition coefficient (Wildman–Crippen LogP) is 3.42. The molecule has 1 aliphatic heterocycles. The standard InChI is InChI=1S/C15H20ClN/c16-9-3-10-17-11-8-14-13-5-2-1-4-12(13)6-7-15(14)17/h1-2,4-5,14-15H,3,6-11H2/t14-,15+/m0/s1. The molecule has 0 amide bonds. The van der Waals surface area contributed by atoms with Crippen molar-refractivity contribution in [3.63, 3.8) is 0 Å². The molecule has 1 fully saturated rings. The Morgan fingerprint density at radius 3 is 3.00 bits per heavy atom. The van der Waals surface area contributed by atoms with Crippen LogP contribution in [0.4, 0.5) is 0 Å². The average Bonchev–Trinajstić information content (AvgIpc) is 2.80. The highest BCUT2D eigenvalue weighted by Gasteiger charge is 2.37. The normalized spacial score (nSPS) is 27.8. The Labute approximate surface area is 109 Å². The molecule has 1 aromatic rings. The maximum Gasteiger partial charge on any atom is 0.0235 e. The second-order valence-corrected chi connectivity index (χ2v) is 5.66. The Bertz CT molecular complexity index is 390. The molecular formula is C15H20ClN. The van der Waals surface area contributed by atoms with Crippen LogP contribution in [0.5, 0.6) is 0 Å². The number of benzene rings is 1. The molecule has 17 heavy (non-hydrogen) atoms. The molecule has 0 unspecified atom stereocenters. The van der Waals surface area contributed by atoms with Crippen molar-refractivity contribution >= 4 is 11.6 Å². The smallest absolute Gasteiger partial charge is 0.0235 e. The van der Waals surface area contributed by atoms with Gasteiger partial charge in [-0.1, -0.05) is 24.3 Å². The Hall–Kier alpha value is -0.530. The molecule has 0 N–H and O–H groups in total. The average molecular weight is 250 g/mol. The van der Waals surface area contributed by atoms with E-state index in [1.807, 2.05) is 0 Å². The number of alkyl halides is 1. The molecule has 2 heteroatoms. The van der Waals surface area contributed by atoms with Gasteiger partial charge in [0.25, 0.3) is 0 Å². The largest absolute Gasteiger partial charge is 0.300 e. The summed E-state index contributed by atoms with van der Waals surface area (Å²) in [6, 6.07) is 9.82. The SMILES string of the molecule is ClCCCN1CC[C@H]2c3ccccc3CC[C@H]21. The summed E-state index contributed by atoms with van der Waals surface area (Å²) in [5.74, 6) is 1.58. The van der Waals surface area contributed by atoms with Crippen LogP contribution in [-0.4, -0.2) is 29.9 Å². The van der Waals surface area contributed by atoms with Crippen LogP contribution in [0.3, 0.4) is 0 Å². The third kappa shape index (κ3) is 2.11. The van der Waals surface area contributed by atoms with Crippen molar-refractivity contribution in [1.29, 1.82) is 0 Å². The van der Waals surface area contributed by atoms with Crippen molar-refractivity contribution < 1.29 is 0 Å². The summed E-state index contributed by atoms with van der Waals surface area (Å²) in [6.45, 7) is 2.45. The van der Waals surface area contributed by atoms with Gasteiger partial charge in [0.1, 0.15) is 0 Å². The topological polar surface area (TPSA) is 3.24 Å². The molecule has 1 saturated heterocycles. The maximum atomic E-state index is 5.81. The molecule has 1 aliphatic carbocycles. The summed E-state index contributed by atoms with van der Waals surface area (Å²) >= 11 is 5.81. The van der Waals surface area contributed by atoms with E-state index in [1.165, 1.54) is 32.4 Å². The fourth-order valence-electron chi connectivity index (χ4n) is 3.63. The molecule has 2 atom stereocenters. The zero-order chi connectivity index (χ0) is 11.7. The van der Waals surface area contributed by atoms with Crippen molar-refractivity contribution in [3.8, 4) is 0 Å². The van der Waals surface area contributed by atoms with Crippen LogP contribution in [-0.2, 0) is 6.42 Å². The first-order chi connectivity index (χ1) is 8.40. The lowest BCUT2D eigenvalue weighted by Gasteiger charge is -2.33. The van der Waals surface area contributed by atoms with E-state index < -0.39 is 0 Å². The van der Waals surface area contributed by atoms with Crippen molar-refractivity contribution in [3.05, 3.63) is 35.4 Å². The third-order valence-corrected chi connectivity index (χ3v) is 4.67. The van der Waals surface area contributed by atoms with Crippen LogP contribution in [0.1, 0.15) is 36.3 Å². The number of likely N-dealkylation sites (tertiary alicyclic amines) is 1. The molecule has 0 bridgehead atoms. The third-order valence-electron chi connectivity index (χ3n) is 4.40. The Kier molecular flexibility index (Phi) is 3.39. The van der Waals surface area contributed by atoms with Gasteiger partial charge in [-0.2, -0.15) is 0 Å². The van der Waals surface area contributed by atoms with E-state index >= 15 is 0 Å². The number of hydrogen-bond acceptors (Lipinski definition) is 1. The summed E-state index contributed by atoms with van der Waals surface area (Å²) < 4.78 is 0. The monoisotopic (exact) mass is 249 g/mol. The van der Waals surface area contributed by atoms with Gasteiger partial charge in [-0.25, -0.2) is 0 Å². The fourth-order valence-corrected chi connectivity index (χ4v) is 3.75. The zero-order valence-electron chi connectivity index (χ0n) is 10.2. The maximum absolute atomic E-state index is 5.81. The first-order valence-electron chi connectivity index (χ1n) is 6.78. The van der Waals surface area contributed by atoms with Crippen molar-refractivity contribution in [1.82, 2.24) is 4.90 Å². The zero-order valence-corrected chi connectivity index (χ0v) is 11.0. The van der Waals surface area contributed by atoms with Crippen LogP contribution in [0.2, 0.25) is 0 Å². The van der Waals surface area contributed by atoms with Gasteiger partial charge >= 0.3 is 0 Å². The van der Waals surface area contributed by atoms with Crippen molar-refractivity contribution in [2.45, 2.75) is 37.6 Å². The van der Waals surface area contributed by atoms with Crippen LogP contribution >= 0.6 is 11.6 Å². The molecule has 1 aromatic carbocycles. The molecule has 1 nitrogen and oxygen atoms in total. The number of aryl methyl sites for hydroxylation is 1. The van der Waals surface area contributed by atoms with Crippen molar-refractivity contribution in [2.24, 2.45) is 0 Å². The molecule has 0 radical (unpaired) electrons. The van der Waals surface area contributed by atoms with Gasteiger partial charge in [0, 0.05) is 17.8 Å². The fraction of sp³-hybridized carbons (Fsp3) is 0.600. The minimum atomic E-state index is 0.785. The molecule has 3 rings (SSSR count). The van der Waals surface area contributed by atoms with Gasteiger partial charge in [-0.15, -0.1) is 11.6 Å². The van der Waals surface area contributed by atoms with Gasteiger partial charge in [-0.3, -0.25) is 4.90 Å². The van der Waals surface area contributed by atoms with Crippen LogP contribution in [0, 0.1) is 0 Å². The van der Waals surface area contributed by atoms with Gasteiger partial charge < -0.3 is 0 Å². The number of halogens is 1. The van der Waals surface area contributed by atoms with Crippen LogP contribution in [0.15, 0.2) is 24.3 Å². The lowest BCUT2D eigenvalue weighted by Crippen LogP contribution is -2.35. The summed E-state index contributed by atoms with van der Waals surface area (Å²) in [5, 5.41) is 0. The highest BCUT2D eigenvalue weighted by molar-refractivity contribution is 6.17. The molecule has 92 valence electrons. The number of rotatable bonds is 3. The summed E-state index contributed by atoms with van der Waals surface area (Å²) in [4.78, 5) is 2.67. The predicted molar refractivity (Wildman–Crippen MR) is 72.8 cm³/mol. The van der Waals surface area contributed by atoms with E-state index in [1.54, 1.807) is 11.1 Å². The lowest BCUT2D eigenvalue weighted by molar-refractivity contribution is 0.228. The van der Waals surface area contributed by atoms with Gasteiger partial charge in [0.2, 0.25) is 0 Å². The summed E-state index contributed by atoms with van der Waals surface area (Å²) in [7, 11) is 0. The second kappa shape index (κ2) is 4.99. The van der Waals surface area contributed by atoms with Crippen LogP contribution < -0.4 is 0 Å². The molecule has 0 aromatic heterocycles. The van der Waals surface area contributed by atoms with E-state index in [-0.39, 0.29) is 0 Å². The van der Waals surface area contributed by atoms with Crippen molar-refractivity contribution in [2.75, 3.05) is 19.0 Å². The highest BCUT2D eigenvalue weighted by Crippen LogP contribution is 2.41. The minimum Gasteiger partial charge on any atom is -0.300 e. The second-order valence-electron chi connectivity index (χ2n) is 5.28. The molecule has 2 aliphatic rings. The van der Waals surface area contributed by atoms with E-state index in [4.69, 9.17) is 11.6 Å². The molecule has 0 spiro atoms. The van der Waals surface area contributed by atoms with Gasteiger partial charge in [-0.05, 0) is 49.9 Å². The number of fused-ring (bicyclic) bond motifs is 3. The van der Waals surface area contributed by atoms with E-state index in [0.29, 0.717) is 0 Å². The Morgan fingerprint density at radius 2 is 2.12 bits per heavy atom. The van der Waals surface area contributed by atoms with Gasteiger partial charge in [0.05, 0.1) is 0 Å². The molecule has 0 saturated carbocycles. The number of nitrogens with zero attached hydrogens (tertiary/aromatic N) is 1. The minimum absolute atomic E-state index is 0.785. The first kappa shape index (κ1) is 11.6. The Morgan fingerprint density at radius 1 is 1.24 bits per heavy atom. The first-order valence-corrected chi connectivity index (χ1v) is 7.31. The van der Waals surface area contributed by atoms with E-state index in [9.17, 15) is 0 Å². The lowest BCUT2D eigenvalue weighted by atomic mass is 9.79. The summed E-state index contributed by atoms with van der Waals surface area (Å²) in [5.41, 5.74) is 3.21. The molecule has 1 heterocycles. The van der Waals surface area contributed by atoms with E-state index in [2.05, 4.69) is 29.2 Å². The quantitative estimate of drug-likeness (QED) is 0.742. The summed E-state index contributed by atoms with van der Waals surface area (Å²) in [6.07, 6.45) is 5.06. The van der Waals surface area contributed by atoms with Gasteiger partial charge in [0.15, 0.2) is 0 Å². The van der Waals surface area contributed by atoms with Crippen LogP contribution in [0.25, 0.3) is 0 Å². The Balaban J connectivity index is 1.79. The highest BCUT2D eigenvalue weighted by atomic mass is 35.5. The molecular weight excluding hydrogens is 230 g/mol. The number of hydrogen-bond donors (Lipinski definition) is 0.